The summed E-state index contributed by atoms with van der Waals surface area (Å²) in [6.07, 6.45) is -1.31. The van der Waals surface area contributed by atoms with Gasteiger partial charge in [0, 0.05) is 9.77 Å². The summed E-state index contributed by atoms with van der Waals surface area (Å²) in [5.41, 5.74) is 0.375. The molecule has 0 atom stereocenters. The van der Waals surface area contributed by atoms with Crippen molar-refractivity contribution in [1.82, 2.24) is 4.98 Å². The van der Waals surface area contributed by atoms with Crippen molar-refractivity contribution >= 4 is 38.5 Å². The Kier molecular flexibility index (Phi) is 4.19. The van der Waals surface area contributed by atoms with Crippen LogP contribution in [-0.2, 0) is 6.42 Å². The van der Waals surface area contributed by atoms with Crippen molar-refractivity contribution in [2.45, 2.75) is 12.8 Å². The predicted molar refractivity (Wildman–Crippen MR) is 58.9 cm³/mol. The topological polar surface area (TPSA) is 36.7 Å². The first-order valence-electron chi connectivity index (χ1n) is 3.55. The normalized spacial score (nSPS) is 10.3. The van der Waals surface area contributed by atoms with Gasteiger partial charge < -0.3 is 0 Å². The highest BCUT2D eigenvalue weighted by atomic mass is 127. The van der Waals surface area contributed by atoms with E-state index < -0.39 is 6.43 Å². The van der Waals surface area contributed by atoms with Crippen LogP contribution in [0.25, 0.3) is 0 Å². The number of halogens is 4. The fourth-order valence-electron chi connectivity index (χ4n) is 0.864. The number of pyridine rings is 1. The maximum Gasteiger partial charge on any atom is 0.266 e. The minimum atomic E-state index is -2.54. The van der Waals surface area contributed by atoms with Crippen LogP contribution in [-0.4, -0.2) is 4.98 Å². The number of nitrogens with zero attached hydrogens (tertiary/aromatic N) is 2. The molecule has 0 spiro atoms. The van der Waals surface area contributed by atoms with Gasteiger partial charge in [0.1, 0.15) is 0 Å². The number of hydrogen-bond donors (Lipinski definition) is 0. The molecule has 2 nitrogen and oxygen atoms in total. The second-order valence-corrected chi connectivity index (χ2v) is 4.30. The lowest BCUT2D eigenvalue weighted by molar-refractivity contribution is 0.150. The van der Waals surface area contributed by atoms with E-state index in [1.54, 1.807) is 0 Å². The molecule has 6 heteroatoms. The van der Waals surface area contributed by atoms with Gasteiger partial charge in [0.05, 0.1) is 28.2 Å². The molecule has 0 aromatic carbocycles. The molecular formula is C8H4BrF2IN2. The summed E-state index contributed by atoms with van der Waals surface area (Å²) in [6.45, 7) is 0. The summed E-state index contributed by atoms with van der Waals surface area (Å²) in [6, 6.07) is 1.92. The molecule has 0 aliphatic rings. The molecule has 0 bridgehead atoms. The molecule has 0 aliphatic carbocycles. The smallest absolute Gasteiger partial charge is 0.258 e. The van der Waals surface area contributed by atoms with E-state index in [2.05, 4.69) is 20.9 Å². The van der Waals surface area contributed by atoms with Crippen LogP contribution in [0.3, 0.4) is 0 Å². The number of aromatic nitrogens is 1. The molecule has 0 unspecified atom stereocenters. The van der Waals surface area contributed by atoms with Crippen LogP contribution in [0.15, 0.2) is 10.7 Å². The Balaban J connectivity index is 3.20. The molecule has 1 aromatic rings. The first-order chi connectivity index (χ1) is 6.57. The van der Waals surface area contributed by atoms with E-state index in [0.29, 0.717) is 13.7 Å². The van der Waals surface area contributed by atoms with Gasteiger partial charge in [-0.05, 0) is 38.5 Å². The average Bonchev–Trinajstić information content (AvgIpc) is 2.13. The van der Waals surface area contributed by atoms with Gasteiger partial charge in [-0.3, -0.25) is 4.98 Å². The SMILES string of the molecule is N#CCc1ncc(C(F)F)c(I)c1Br. The number of nitriles is 1. The Morgan fingerprint density at radius 1 is 1.64 bits per heavy atom. The van der Waals surface area contributed by atoms with Crippen LogP contribution in [0.5, 0.6) is 0 Å². The summed E-state index contributed by atoms with van der Waals surface area (Å²) in [5.74, 6) is 0. The molecule has 0 saturated heterocycles. The second kappa shape index (κ2) is 4.98. The molecule has 0 N–H and O–H groups in total. The molecule has 74 valence electrons. The van der Waals surface area contributed by atoms with Crippen molar-refractivity contribution < 1.29 is 8.78 Å². The van der Waals surface area contributed by atoms with Crippen molar-refractivity contribution in [3.63, 3.8) is 0 Å². The third-order valence-electron chi connectivity index (χ3n) is 1.54. The first-order valence-corrected chi connectivity index (χ1v) is 5.43. The van der Waals surface area contributed by atoms with Gasteiger partial charge in [-0.2, -0.15) is 5.26 Å². The Morgan fingerprint density at radius 2 is 2.29 bits per heavy atom. The molecule has 14 heavy (non-hydrogen) atoms. The summed E-state index contributed by atoms with van der Waals surface area (Å²) < 4.78 is 25.7. The molecule has 1 aromatic heterocycles. The second-order valence-electron chi connectivity index (χ2n) is 2.42. The zero-order valence-electron chi connectivity index (χ0n) is 6.77. The van der Waals surface area contributed by atoms with Crippen molar-refractivity contribution in [3.05, 3.63) is 25.5 Å². The van der Waals surface area contributed by atoms with Gasteiger partial charge in [-0.1, -0.05) is 0 Å². The van der Waals surface area contributed by atoms with Crippen LogP contribution in [0, 0.1) is 14.9 Å². The predicted octanol–water partition coefficient (Wildman–Crippen LogP) is 3.45. The first kappa shape index (κ1) is 11.8. The van der Waals surface area contributed by atoms with Crippen molar-refractivity contribution in [1.29, 1.82) is 5.26 Å². The molecule has 0 radical (unpaired) electrons. The molecule has 0 amide bonds. The summed E-state index contributed by atoms with van der Waals surface area (Å²) in [5, 5.41) is 8.45. The fraction of sp³-hybridized carbons (Fsp3) is 0.250. The van der Waals surface area contributed by atoms with Gasteiger partial charge >= 0.3 is 0 Å². The third-order valence-corrected chi connectivity index (χ3v) is 4.30. The summed E-state index contributed by atoms with van der Waals surface area (Å²) in [7, 11) is 0. The Hall–Kier alpha value is -0.290. The van der Waals surface area contributed by atoms with Crippen LogP contribution >= 0.6 is 38.5 Å². The monoisotopic (exact) mass is 372 g/mol. The van der Waals surface area contributed by atoms with Gasteiger partial charge in [-0.25, -0.2) is 8.78 Å². The van der Waals surface area contributed by atoms with Gasteiger partial charge in [0.25, 0.3) is 6.43 Å². The van der Waals surface area contributed by atoms with E-state index in [0.717, 1.165) is 6.20 Å². The van der Waals surface area contributed by atoms with Gasteiger partial charge in [-0.15, -0.1) is 0 Å². The van der Waals surface area contributed by atoms with E-state index in [1.165, 1.54) is 0 Å². The quantitative estimate of drug-likeness (QED) is 0.745. The number of hydrogen-bond acceptors (Lipinski definition) is 2. The molecule has 1 rings (SSSR count). The minimum Gasteiger partial charge on any atom is -0.258 e. The molecule has 1 heterocycles. The maximum atomic E-state index is 12.4. The van der Waals surface area contributed by atoms with Crippen molar-refractivity contribution in [3.8, 4) is 6.07 Å². The van der Waals surface area contributed by atoms with Crippen molar-refractivity contribution in [2.75, 3.05) is 0 Å². The molecule has 0 aliphatic heterocycles. The van der Waals surface area contributed by atoms with E-state index in [1.807, 2.05) is 28.7 Å². The van der Waals surface area contributed by atoms with Crippen LogP contribution < -0.4 is 0 Å². The fourth-order valence-corrected chi connectivity index (χ4v) is 2.02. The van der Waals surface area contributed by atoms with E-state index in [-0.39, 0.29) is 12.0 Å². The lowest BCUT2D eigenvalue weighted by atomic mass is 10.2. The van der Waals surface area contributed by atoms with Crippen LogP contribution in [0.2, 0.25) is 0 Å². The Morgan fingerprint density at radius 3 is 2.79 bits per heavy atom. The minimum absolute atomic E-state index is 0.111. The highest BCUT2D eigenvalue weighted by Crippen LogP contribution is 2.31. The zero-order chi connectivity index (χ0) is 10.7. The highest BCUT2D eigenvalue weighted by Gasteiger charge is 2.16. The standard InChI is InChI=1S/C8H4BrF2IN2/c9-6-5(1-2-13)14-3-4(7(6)12)8(10)11/h3,8H,1H2. The van der Waals surface area contributed by atoms with Gasteiger partial charge in [0.15, 0.2) is 0 Å². The van der Waals surface area contributed by atoms with Crippen LogP contribution in [0.4, 0.5) is 8.78 Å². The Bertz CT molecular complexity index is 390. The third kappa shape index (κ3) is 2.39. The Labute approximate surface area is 102 Å². The lowest BCUT2D eigenvalue weighted by Crippen LogP contribution is -1.98. The van der Waals surface area contributed by atoms with Gasteiger partial charge in [0.2, 0.25) is 0 Å². The van der Waals surface area contributed by atoms with Crippen molar-refractivity contribution in [2.24, 2.45) is 0 Å². The van der Waals surface area contributed by atoms with E-state index in [9.17, 15) is 8.78 Å². The summed E-state index contributed by atoms with van der Waals surface area (Å²) in [4.78, 5) is 3.80. The van der Waals surface area contributed by atoms with E-state index >= 15 is 0 Å². The lowest BCUT2D eigenvalue weighted by Gasteiger charge is -2.07. The zero-order valence-corrected chi connectivity index (χ0v) is 10.5. The molecular weight excluding hydrogens is 369 g/mol. The largest absolute Gasteiger partial charge is 0.266 e. The molecule has 0 saturated carbocycles. The average molecular weight is 373 g/mol. The maximum absolute atomic E-state index is 12.4. The van der Waals surface area contributed by atoms with Crippen LogP contribution in [0.1, 0.15) is 17.7 Å². The van der Waals surface area contributed by atoms with E-state index in [4.69, 9.17) is 5.26 Å². The number of alkyl halides is 2. The summed E-state index contributed by atoms with van der Waals surface area (Å²) >= 11 is 4.96. The molecule has 0 fully saturated rings. The number of rotatable bonds is 2. The highest BCUT2D eigenvalue weighted by molar-refractivity contribution is 14.1.